The molecule has 5 rings (SSSR count). The number of furan rings is 1. The van der Waals surface area contributed by atoms with Gasteiger partial charge in [-0.2, -0.15) is 0 Å². The Morgan fingerprint density at radius 2 is 1.74 bits per heavy atom. The summed E-state index contributed by atoms with van der Waals surface area (Å²) in [6.45, 7) is 6.76. The maximum atomic E-state index is 13.9. The van der Waals surface area contributed by atoms with Crippen LogP contribution in [0, 0.1) is 0 Å². The fraction of sp³-hybridized carbons (Fsp3) is 0.207. The number of carbonyl (C=O) groups excluding carboxylic acids is 1. The number of fused-ring (bicyclic) bond motifs is 1. The molecule has 1 atom stereocenters. The van der Waals surface area contributed by atoms with Gasteiger partial charge in [-0.3, -0.25) is 14.2 Å². The summed E-state index contributed by atoms with van der Waals surface area (Å²) in [7, 11) is 0. The van der Waals surface area contributed by atoms with E-state index in [1.165, 1.54) is 11.3 Å². The average Bonchev–Trinajstić information content (AvgIpc) is 3.48. The van der Waals surface area contributed by atoms with Gasteiger partial charge in [-0.1, -0.05) is 58.3 Å². The molecule has 39 heavy (non-hydrogen) atoms. The van der Waals surface area contributed by atoms with Crippen LogP contribution < -0.4 is 14.9 Å². The summed E-state index contributed by atoms with van der Waals surface area (Å²) in [5.74, 6) is 0.892. The molecule has 0 radical (unpaired) electrons. The molecule has 10 heteroatoms. The van der Waals surface area contributed by atoms with E-state index in [0.717, 1.165) is 5.56 Å². The van der Waals surface area contributed by atoms with E-state index >= 15 is 0 Å². The van der Waals surface area contributed by atoms with E-state index in [-0.39, 0.29) is 11.5 Å². The zero-order chi connectivity index (χ0) is 27.8. The van der Waals surface area contributed by atoms with Crippen LogP contribution in [0.5, 0.6) is 0 Å². The van der Waals surface area contributed by atoms with Gasteiger partial charge in [-0.15, -0.1) is 0 Å². The summed E-state index contributed by atoms with van der Waals surface area (Å²) in [5.41, 5.74) is 2.25. The molecule has 2 aromatic carbocycles. The summed E-state index contributed by atoms with van der Waals surface area (Å²) in [6, 6.07) is 15.3. The Bertz CT molecular complexity index is 1780. The molecule has 4 aromatic rings. The molecule has 0 unspecified atom stereocenters. The fourth-order valence-electron chi connectivity index (χ4n) is 4.63. The van der Waals surface area contributed by atoms with Crippen LogP contribution in [-0.4, -0.2) is 28.5 Å². The van der Waals surface area contributed by atoms with Crippen LogP contribution in [0.3, 0.4) is 0 Å². The Morgan fingerprint density at radius 1 is 1.05 bits per heavy atom. The molecule has 0 fully saturated rings. The topological polar surface area (TPSA) is 67.8 Å². The molecule has 2 aromatic heterocycles. The summed E-state index contributed by atoms with van der Waals surface area (Å²) < 4.78 is 8.02. The van der Waals surface area contributed by atoms with Crippen LogP contribution in [0.2, 0.25) is 15.1 Å². The van der Waals surface area contributed by atoms with E-state index in [0.29, 0.717) is 65.8 Å². The molecular formula is C29H24Cl3N3O3S. The zero-order valence-corrected chi connectivity index (χ0v) is 24.5. The molecule has 1 aliphatic heterocycles. The number of halogens is 3. The Balaban J connectivity index is 1.64. The Morgan fingerprint density at radius 3 is 2.41 bits per heavy atom. The van der Waals surface area contributed by atoms with E-state index in [4.69, 9.17) is 44.2 Å². The molecule has 0 bridgehead atoms. The first kappa shape index (κ1) is 27.5. The molecule has 3 heterocycles. The maximum absolute atomic E-state index is 13.9. The fourth-order valence-corrected chi connectivity index (χ4v) is 6.28. The predicted molar refractivity (Wildman–Crippen MR) is 157 cm³/mol. The van der Waals surface area contributed by atoms with Gasteiger partial charge < -0.3 is 9.32 Å². The highest BCUT2D eigenvalue weighted by Gasteiger charge is 2.34. The smallest absolute Gasteiger partial charge is 0.271 e. The normalized spacial score (nSPS) is 15.3. The minimum atomic E-state index is -0.645. The van der Waals surface area contributed by atoms with Gasteiger partial charge in [0, 0.05) is 34.8 Å². The van der Waals surface area contributed by atoms with Gasteiger partial charge in [0.2, 0.25) is 0 Å². The largest absolute Gasteiger partial charge is 0.457 e. The highest BCUT2D eigenvalue weighted by atomic mass is 35.5. The van der Waals surface area contributed by atoms with Crippen LogP contribution >= 0.6 is 46.1 Å². The molecule has 0 aliphatic carbocycles. The van der Waals surface area contributed by atoms with Crippen LogP contribution in [-0.2, 0) is 4.79 Å². The second-order valence-electron chi connectivity index (χ2n) is 8.94. The van der Waals surface area contributed by atoms with Crippen molar-refractivity contribution in [2.24, 2.45) is 4.99 Å². The highest BCUT2D eigenvalue weighted by molar-refractivity contribution is 7.07. The standard InChI is InChI=1S/C29H24Cl3N3O3S/c1-4-34(5-2)28(37)25-16(3)33-29-35(26(25)17-6-8-18(30)9-7-17)27(36)24(39-29)15-20-11-13-23(38-20)21-12-10-19(31)14-22(21)32/h6-15,26H,4-5H2,1-3H3/b24-15+/t26-/m0/s1. The van der Waals surface area contributed by atoms with Crippen molar-refractivity contribution < 1.29 is 9.21 Å². The Labute approximate surface area is 244 Å². The van der Waals surface area contributed by atoms with E-state index < -0.39 is 6.04 Å². The van der Waals surface area contributed by atoms with Crippen molar-refractivity contribution in [3.63, 3.8) is 0 Å². The number of rotatable bonds is 6. The van der Waals surface area contributed by atoms with Crippen molar-refractivity contribution in [3.8, 4) is 11.3 Å². The van der Waals surface area contributed by atoms with Crippen molar-refractivity contribution in [3.05, 3.63) is 112 Å². The first-order chi connectivity index (χ1) is 18.7. The summed E-state index contributed by atoms with van der Waals surface area (Å²) in [5, 5.41) is 1.56. The molecule has 0 saturated heterocycles. The summed E-state index contributed by atoms with van der Waals surface area (Å²) >= 11 is 19.8. The number of carbonyl (C=O) groups is 1. The number of benzene rings is 2. The van der Waals surface area contributed by atoms with Crippen molar-refractivity contribution in [1.82, 2.24) is 9.47 Å². The van der Waals surface area contributed by atoms with Crippen molar-refractivity contribution in [2.75, 3.05) is 13.1 Å². The predicted octanol–water partition coefficient (Wildman–Crippen LogP) is 6.32. The number of hydrogen-bond donors (Lipinski definition) is 0. The summed E-state index contributed by atoms with van der Waals surface area (Å²) in [6.07, 6.45) is 1.68. The van der Waals surface area contributed by atoms with Gasteiger partial charge in [-0.05, 0) is 68.8 Å². The van der Waals surface area contributed by atoms with Gasteiger partial charge in [0.25, 0.3) is 11.5 Å². The van der Waals surface area contributed by atoms with Gasteiger partial charge >= 0.3 is 0 Å². The molecule has 1 amide bonds. The van der Waals surface area contributed by atoms with Gasteiger partial charge in [0.15, 0.2) is 4.80 Å². The lowest BCUT2D eigenvalue weighted by molar-refractivity contribution is -0.127. The third-order valence-corrected chi connectivity index (χ3v) is 8.37. The lowest BCUT2D eigenvalue weighted by Gasteiger charge is -2.29. The van der Waals surface area contributed by atoms with E-state index in [1.807, 2.05) is 32.9 Å². The van der Waals surface area contributed by atoms with Crippen molar-refractivity contribution >= 4 is 58.1 Å². The molecule has 0 N–H and O–H groups in total. The van der Waals surface area contributed by atoms with E-state index in [9.17, 15) is 9.59 Å². The minimum absolute atomic E-state index is 0.147. The third kappa shape index (κ3) is 5.24. The molecular weight excluding hydrogens is 577 g/mol. The molecule has 1 aliphatic rings. The number of allylic oxidation sites excluding steroid dienone is 1. The summed E-state index contributed by atoms with van der Waals surface area (Å²) in [4.78, 5) is 34.4. The SMILES string of the molecule is CCN(CC)C(=O)C1=C(C)N=c2s/c(=C/c3ccc(-c4ccc(Cl)cc4Cl)o3)c(=O)n2[C@H]1c1ccc(Cl)cc1. The van der Waals surface area contributed by atoms with Crippen LogP contribution in [0.1, 0.15) is 38.1 Å². The second kappa shape index (κ2) is 11.2. The number of nitrogens with zero attached hydrogens (tertiary/aromatic N) is 3. The molecule has 6 nitrogen and oxygen atoms in total. The highest BCUT2D eigenvalue weighted by Crippen LogP contribution is 2.33. The maximum Gasteiger partial charge on any atom is 0.271 e. The van der Waals surface area contributed by atoms with Gasteiger partial charge in [0.05, 0.1) is 26.9 Å². The van der Waals surface area contributed by atoms with Crippen LogP contribution in [0.4, 0.5) is 0 Å². The Hall–Kier alpha value is -3.10. The first-order valence-corrected chi connectivity index (χ1v) is 14.3. The number of aromatic nitrogens is 1. The second-order valence-corrected chi connectivity index (χ2v) is 11.2. The minimum Gasteiger partial charge on any atom is -0.457 e. The van der Waals surface area contributed by atoms with Crippen molar-refractivity contribution in [2.45, 2.75) is 26.8 Å². The monoisotopic (exact) mass is 599 g/mol. The zero-order valence-electron chi connectivity index (χ0n) is 21.4. The number of thiazole rings is 1. The van der Waals surface area contributed by atoms with Gasteiger partial charge in [0.1, 0.15) is 11.5 Å². The van der Waals surface area contributed by atoms with Crippen LogP contribution in [0.25, 0.3) is 17.4 Å². The molecule has 200 valence electrons. The number of amides is 1. The molecule has 0 spiro atoms. The van der Waals surface area contributed by atoms with E-state index in [2.05, 4.69) is 0 Å². The van der Waals surface area contributed by atoms with Crippen LogP contribution in [0.15, 0.2) is 80.1 Å². The molecule has 0 saturated carbocycles. The number of hydrogen-bond acceptors (Lipinski definition) is 5. The lowest BCUT2D eigenvalue weighted by atomic mass is 9.94. The van der Waals surface area contributed by atoms with Crippen molar-refractivity contribution in [1.29, 1.82) is 0 Å². The van der Waals surface area contributed by atoms with E-state index in [1.54, 1.807) is 58.0 Å². The first-order valence-electron chi connectivity index (χ1n) is 12.3. The van der Waals surface area contributed by atoms with Gasteiger partial charge in [-0.25, -0.2) is 4.99 Å². The quantitative estimate of drug-likeness (QED) is 0.260. The number of likely N-dealkylation sites (N-methyl/N-ethyl adjacent to an activating group) is 1. The Kier molecular flexibility index (Phi) is 7.87. The average molecular weight is 601 g/mol. The lowest BCUT2D eigenvalue weighted by Crippen LogP contribution is -2.43. The third-order valence-electron chi connectivity index (χ3n) is 6.59.